The van der Waals surface area contributed by atoms with Crippen molar-refractivity contribution in [2.75, 3.05) is 0 Å². The zero-order valence-electron chi connectivity index (χ0n) is 10.5. The fourth-order valence-corrected chi connectivity index (χ4v) is 2.04. The van der Waals surface area contributed by atoms with Crippen molar-refractivity contribution < 1.29 is 0 Å². The first-order chi connectivity index (χ1) is 8.69. The van der Waals surface area contributed by atoms with Gasteiger partial charge in [0.2, 0.25) is 0 Å². The molecule has 0 aliphatic carbocycles. The Morgan fingerprint density at radius 3 is 2.72 bits per heavy atom. The first kappa shape index (κ1) is 13.1. The van der Waals surface area contributed by atoms with Crippen LogP contribution in [0.3, 0.4) is 0 Å². The molecule has 0 radical (unpaired) electrons. The molecule has 3 nitrogen and oxygen atoms in total. The maximum atomic E-state index is 6.19. The maximum absolute atomic E-state index is 6.19. The number of hydrogen-bond donors (Lipinski definition) is 1. The monoisotopic (exact) mass is 263 g/mol. The molecule has 2 N–H and O–H groups in total. The number of nitrogens with two attached hydrogens (primary N) is 1. The van der Waals surface area contributed by atoms with Crippen LogP contribution >= 0.6 is 11.6 Å². The lowest BCUT2D eigenvalue weighted by Gasteiger charge is -2.09. The summed E-state index contributed by atoms with van der Waals surface area (Å²) in [5.74, 6) is 0. The largest absolute Gasteiger partial charge is 0.324 e. The molecule has 0 bridgehead atoms. The lowest BCUT2D eigenvalue weighted by molar-refractivity contribution is 0.601. The van der Waals surface area contributed by atoms with Crippen molar-refractivity contribution in [1.82, 2.24) is 9.78 Å². The second kappa shape index (κ2) is 6.03. The Morgan fingerprint density at radius 2 is 2.06 bits per heavy atom. The van der Waals surface area contributed by atoms with Crippen LogP contribution in [-0.2, 0) is 13.0 Å². The average Bonchev–Trinajstić information content (AvgIpc) is 2.81. The van der Waals surface area contributed by atoms with Crippen molar-refractivity contribution in [3.8, 4) is 0 Å². The maximum Gasteiger partial charge on any atom is 0.0537 e. The van der Waals surface area contributed by atoms with Crippen LogP contribution in [0.5, 0.6) is 0 Å². The van der Waals surface area contributed by atoms with Crippen LogP contribution in [0.1, 0.15) is 30.5 Å². The van der Waals surface area contributed by atoms with E-state index in [4.69, 9.17) is 17.3 Å². The number of halogens is 1. The highest BCUT2D eigenvalue weighted by molar-refractivity contribution is 6.30. The van der Waals surface area contributed by atoms with E-state index in [-0.39, 0.29) is 6.04 Å². The third-order valence-electron chi connectivity index (χ3n) is 2.90. The molecule has 18 heavy (non-hydrogen) atoms. The van der Waals surface area contributed by atoms with Gasteiger partial charge in [-0.3, -0.25) is 4.68 Å². The molecule has 0 amide bonds. The molecule has 0 fully saturated rings. The second-order valence-electron chi connectivity index (χ2n) is 4.47. The summed E-state index contributed by atoms with van der Waals surface area (Å²) in [4.78, 5) is 0. The van der Waals surface area contributed by atoms with Crippen molar-refractivity contribution >= 4 is 11.6 Å². The molecule has 1 aromatic heterocycles. The molecule has 1 heterocycles. The fourth-order valence-electron chi connectivity index (χ4n) is 1.91. The first-order valence-electron chi connectivity index (χ1n) is 6.21. The van der Waals surface area contributed by atoms with E-state index in [1.165, 1.54) is 5.56 Å². The third-order valence-corrected chi connectivity index (χ3v) is 3.15. The number of rotatable bonds is 5. The van der Waals surface area contributed by atoms with Crippen molar-refractivity contribution in [1.29, 1.82) is 0 Å². The van der Waals surface area contributed by atoms with Crippen molar-refractivity contribution in [2.45, 2.75) is 32.4 Å². The quantitative estimate of drug-likeness (QED) is 0.900. The van der Waals surface area contributed by atoms with Gasteiger partial charge in [-0.15, -0.1) is 0 Å². The summed E-state index contributed by atoms with van der Waals surface area (Å²) in [5.41, 5.74) is 8.46. The Labute approximate surface area is 113 Å². The molecule has 0 saturated heterocycles. The highest BCUT2D eigenvalue weighted by atomic mass is 35.5. The fraction of sp³-hybridized carbons (Fsp3) is 0.357. The summed E-state index contributed by atoms with van der Waals surface area (Å²) in [7, 11) is 0. The molecule has 0 aliphatic rings. The van der Waals surface area contributed by atoms with Gasteiger partial charge in [0.25, 0.3) is 0 Å². The van der Waals surface area contributed by atoms with Crippen LogP contribution in [0.4, 0.5) is 0 Å². The van der Waals surface area contributed by atoms with Crippen molar-refractivity contribution in [3.63, 3.8) is 0 Å². The van der Waals surface area contributed by atoms with Crippen molar-refractivity contribution in [2.24, 2.45) is 5.73 Å². The van der Waals surface area contributed by atoms with E-state index in [1.807, 2.05) is 41.3 Å². The van der Waals surface area contributed by atoms with E-state index in [0.717, 1.165) is 30.0 Å². The van der Waals surface area contributed by atoms with Gasteiger partial charge in [-0.1, -0.05) is 30.7 Å². The van der Waals surface area contributed by atoms with Crippen LogP contribution in [0.15, 0.2) is 36.7 Å². The number of nitrogens with zero attached hydrogens (tertiary/aromatic N) is 2. The van der Waals surface area contributed by atoms with E-state index in [1.54, 1.807) is 0 Å². The van der Waals surface area contributed by atoms with E-state index in [0.29, 0.717) is 0 Å². The summed E-state index contributed by atoms with van der Waals surface area (Å²) >= 11 is 5.86. The van der Waals surface area contributed by atoms with Gasteiger partial charge in [0.05, 0.1) is 6.20 Å². The van der Waals surface area contributed by atoms with Crippen LogP contribution in [0, 0.1) is 0 Å². The molecule has 4 heteroatoms. The van der Waals surface area contributed by atoms with Gasteiger partial charge in [0, 0.05) is 29.4 Å². The summed E-state index contributed by atoms with van der Waals surface area (Å²) in [6, 6.07) is 7.79. The predicted octanol–water partition coefficient (Wildman–Crippen LogP) is 3.19. The predicted molar refractivity (Wildman–Crippen MR) is 74.6 cm³/mol. The van der Waals surface area contributed by atoms with Gasteiger partial charge < -0.3 is 5.73 Å². The summed E-state index contributed by atoms with van der Waals surface area (Å²) in [6.07, 6.45) is 5.77. The molecule has 2 rings (SSSR count). The summed E-state index contributed by atoms with van der Waals surface area (Å²) in [5, 5.41) is 5.05. The highest BCUT2D eigenvalue weighted by Gasteiger charge is 2.09. The molecular formula is C14H18ClN3. The number of benzene rings is 1. The van der Waals surface area contributed by atoms with Gasteiger partial charge in [-0.05, 0) is 30.5 Å². The Morgan fingerprint density at radius 1 is 1.33 bits per heavy atom. The van der Waals surface area contributed by atoms with E-state index < -0.39 is 0 Å². The van der Waals surface area contributed by atoms with Crippen LogP contribution in [-0.4, -0.2) is 9.78 Å². The first-order valence-corrected chi connectivity index (χ1v) is 6.59. The SMILES string of the molecule is CCCn1cc(C(N)Cc2ccc(Cl)cc2)cn1. The number of aryl methyl sites for hydroxylation is 1. The zero-order valence-corrected chi connectivity index (χ0v) is 11.3. The zero-order chi connectivity index (χ0) is 13.0. The topological polar surface area (TPSA) is 43.8 Å². The van der Waals surface area contributed by atoms with Gasteiger partial charge in [0.15, 0.2) is 0 Å². The van der Waals surface area contributed by atoms with Gasteiger partial charge >= 0.3 is 0 Å². The van der Waals surface area contributed by atoms with E-state index in [2.05, 4.69) is 12.0 Å². The Bertz CT molecular complexity index is 490. The Kier molecular flexibility index (Phi) is 4.39. The normalized spacial score (nSPS) is 12.6. The molecule has 0 spiro atoms. The Balaban J connectivity index is 2.02. The van der Waals surface area contributed by atoms with Crippen LogP contribution < -0.4 is 5.73 Å². The number of aromatic nitrogens is 2. The highest BCUT2D eigenvalue weighted by Crippen LogP contribution is 2.17. The van der Waals surface area contributed by atoms with E-state index >= 15 is 0 Å². The number of hydrogen-bond acceptors (Lipinski definition) is 2. The standard InChI is InChI=1S/C14H18ClN3/c1-2-7-18-10-12(9-17-18)14(16)8-11-3-5-13(15)6-4-11/h3-6,9-10,14H,2,7-8,16H2,1H3. The minimum absolute atomic E-state index is 0.0169. The minimum atomic E-state index is -0.0169. The summed E-state index contributed by atoms with van der Waals surface area (Å²) in [6.45, 7) is 3.07. The summed E-state index contributed by atoms with van der Waals surface area (Å²) < 4.78 is 1.94. The molecule has 96 valence electrons. The van der Waals surface area contributed by atoms with Gasteiger partial charge in [0.1, 0.15) is 0 Å². The lowest BCUT2D eigenvalue weighted by atomic mass is 10.0. The molecule has 1 unspecified atom stereocenters. The Hall–Kier alpha value is -1.32. The lowest BCUT2D eigenvalue weighted by Crippen LogP contribution is -2.12. The van der Waals surface area contributed by atoms with Gasteiger partial charge in [-0.2, -0.15) is 5.10 Å². The molecule has 1 aromatic carbocycles. The average molecular weight is 264 g/mol. The van der Waals surface area contributed by atoms with Crippen LogP contribution in [0.2, 0.25) is 5.02 Å². The second-order valence-corrected chi connectivity index (χ2v) is 4.91. The van der Waals surface area contributed by atoms with E-state index in [9.17, 15) is 0 Å². The molecule has 0 aliphatic heterocycles. The molecule has 1 atom stereocenters. The minimum Gasteiger partial charge on any atom is -0.324 e. The van der Waals surface area contributed by atoms with Crippen LogP contribution in [0.25, 0.3) is 0 Å². The smallest absolute Gasteiger partial charge is 0.0537 e. The third kappa shape index (κ3) is 3.34. The molecule has 0 saturated carbocycles. The molecule has 2 aromatic rings. The van der Waals surface area contributed by atoms with Crippen molar-refractivity contribution in [3.05, 3.63) is 52.8 Å². The van der Waals surface area contributed by atoms with Gasteiger partial charge in [-0.25, -0.2) is 0 Å². The molecular weight excluding hydrogens is 246 g/mol.